The van der Waals surface area contributed by atoms with Crippen LogP contribution in [0.2, 0.25) is 0 Å². The summed E-state index contributed by atoms with van der Waals surface area (Å²) in [5, 5.41) is 0. The molecule has 0 aliphatic carbocycles. The molecule has 0 aromatic heterocycles. The molecule has 1 aliphatic rings. The number of nitrogens with two attached hydrogens (primary N) is 1. The first-order chi connectivity index (χ1) is 9.32. The van der Waals surface area contributed by atoms with Crippen LogP contribution in [0.15, 0.2) is 29.2 Å². The summed E-state index contributed by atoms with van der Waals surface area (Å²) in [6.45, 7) is 0.415. The molecule has 1 aromatic rings. The van der Waals surface area contributed by atoms with E-state index in [4.69, 9.17) is 5.73 Å². The first-order valence-electron chi connectivity index (χ1n) is 6.31. The van der Waals surface area contributed by atoms with Crippen molar-refractivity contribution in [3.05, 3.63) is 29.8 Å². The summed E-state index contributed by atoms with van der Waals surface area (Å²) in [6, 6.07) is 6.40. The zero-order valence-corrected chi connectivity index (χ0v) is 12.6. The van der Waals surface area contributed by atoms with Crippen LogP contribution in [0.4, 0.5) is 0 Å². The fraction of sp³-hybridized carbons (Fsp3) is 0.500. The van der Waals surface area contributed by atoms with Crippen LogP contribution in [0, 0.1) is 5.92 Å². The van der Waals surface area contributed by atoms with Gasteiger partial charge in [-0.2, -0.15) is 0 Å². The first-order valence-corrected chi connectivity index (χ1v) is 9.62. The van der Waals surface area contributed by atoms with E-state index in [1.807, 2.05) is 0 Å². The van der Waals surface area contributed by atoms with E-state index in [-0.39, 0.29) is 35.4 Å². The summed E-state index contributed by atoms with van der Waals surface area (Å²) in [6.07, 6.45) is 0.508. The van der Waals surface area contributed by atoms with Crippen molar-refractivity contribution in [2.24, 2.45) is 11.7 Å². The van der Waals surface area contributed by atoms with Gasteiger partial charge in [0.2, 0.25) is 10.0 Å². The Morgan fingerprint density at radius 2 is 2.10 bits per heavy atom. The molecule has 3 N–H and O–H groups in total. The molecule has 8 heteroatoms. The monoisotopic (exact) mass is 318 g/mol. The lowest BCUT2D eigenvalue weighted by molar-refractivity contribution is 0.543. The maximum Gasteiger partial charge on any atom is 0.240 e. The maximum atomic E-state index is 12.1. The molecule has 1 atom stereocenters. The molecule has 20 heavy (non-hydrogen) atoms. The molecule has 0 radical (unpaired) electrons. The van der Waals surface area contributed by atoms with Crippen LogP contribution >= 0.6 is 0 Å². The Labute approximate surface area is 119 Å². The highest BCUT2D eigenvalue weighted by Gasteiger charge is 2.28. The van der Waals surface area contributed by atoms with Crippen molar-refractivity contribution in [3.8, 4) is 0 Å². The Kier molecular flexibility index (Phi) is 4.48. The van der Waals surface area contributed by atoms with E-state index in [1.165, 1.54) is 12.1 Å². The van der Waals surface area contributed by atoms with Gasteiger partial charge in [-0.25, -0.2) is 21.6 Å². The largest absolute Gasteiger partial charge is 0.326 e. The van der Waals surface area contributed by atoms with Gasteiger partial charge in [-0.05, 0) is 30.0 Å². The number of hydrogen-bond donors (Lipinski definition) is 2. The van der Waals surface area contributed by atoms with Gasteiger partial charge in [0.05, 0.1) is 16.4 Å². The molecule has 6 nitrogen and oxygen atoms in total. The van der Waals surface area contributed by atoms with Crippen LogP contribution in [0.3, 0.4) is 0 Å². The Morgan fingerprint density at radius 3 is 2.70 bits per heavy atom. The minimum absolute atomic E-state index is 0.0539. The fourth-order valence-electron chi connectivity index (χ4n) is 2.18. The van der Waals surface area contributed by atoms with Gasteiger partial charge >= 0.3 is 0 Å². The molecule has 1 heterocycles. The highest BCUT2D eigenvalue weighted by atomic mass is 32.2. The lowest BCUT2D eigenvalue weighted by Crippen LogP contribution is -2.30. The van der Waals surface area contributed by atoms with Gasteiger partial charge in [0, 0.05) is 13.1 Å². The average molecular weight is 318 g/mol. The van der Waals surface area contributed by atoms with Crippen molar-refractivity contribution in [3.63, 3.8) is 0 Å². The van der Waals surface area contributed by atoms with Crippen LogP contribution < -0.4 is 10.5 Å². The van der Waals surface area contributed by atoms with Crippen molar-refractivity contribution in [1.82, 2.24) is 4.72 Å². The summed E-state index contributed by atoms with van der Waals surface area (Å²) < 4.78 is 49.4. The quantitative estimate of drug-likeness (QED) is 0.786. The van der Waals surface area contributed by atoms with Gasteiger partial charge in [-0.3, -0.25) is 0 Å². The molecule has 1 aliphatic heterocycles. The summed E-state index contributed by atoms with van der Waals surface area (Å²) in [5.41, 5.74) is 6.22. The van der Waals surface area contributed by atoms with Crippen LogP contribution in [0.5, 0.6) is 0 Å². The minimum Gasteiger partial charge on any atom is -0.326 e. The number of benzene rings is 1. The zero-order valence-electron chi connectivity index (χ0n) is 10.9. The predicted octanol–water partition coefficient (Wildman–Crippen LogP) is -0.142. The molecule has 0 saturated carbocycles. The van der Waals surface area contributed by atoms with Gasteiger partial charge in [0.1, 0.15) is 0 Å². The highest BCUT2D eigenvalue weighted by molar-refractivity contribution is 7.91. The molecule has 0 bridgehead atoms. The van der Waals surface area contributed by atoms with Crippen molar-refractivity contribution in [2.75, 3.05) is 18.1 Å². The lowest BCUT2D eigenvalue weighted by atomic mass is 10.1. The highest BCUT2D eigenvalue weighted by Crippen LogP contribution is 2.18. The van der Waals surface area contributed by atoms with E-state index in [1.54, 1.807) is 12.1 Å². The van der Waals surface area contributed by atoms with E-state index in [2.05, 4.69) is 4.72 Å². The van der Waals surface area contributed by atoms with Crippen LogP contribution in [-0.2, 0) is 26.4 Å². The second kappa shape index (κ2) is 5.80. The minimum atomic E-state index is -3.62. The maximum absolute atomic E-state index is 12.1. The number of hydrogen-bond acceptors (Lipinski definition) is 5. The summed E-state index contributed by atoms with van der Waals surface area (Å²) >= 11 is 0. The SMILES string of the molecule is NCc1cccc(S(=O)(=O)NCC2CCS(=O)(=O)C2)c1. The topological polar surface area (TPSA) is 106 Å². The normalized spacial score (nSPS) is 21.9. The van der Waals surface area contributed by atoms with Crippen molar-refractivity contribution in [1.29, 1.82) is 0 Å². The van der Waals surface area contributed by atoms with E-state index in [9.17, 15) is 16.8 Å². The second-order valence-electron chi connectivity index (χ2n) is 4.97. The smallest absolute Gasteiger partial charge is 0.240 e. The summed E-state index contributed by atoms with van der Waals surface area (Å²) in [5.74, 6) is 0.0490. The number of rotatable bonds is 5. The fourth-order valence-corrected chi connectivity index (χ4v) is 5.23. The predicted molar refractivity (Wildman–Crippen MR) is 76.3 cm³/mol. The molecule has 1 unspecified atom stereocenters. The number of sulfonamides is 1. The molecular formula is C12H18N2O4S2. The van der Waals surface area contributed by atoms with Crippen molar-refractivity contribution < 1.29 is 16.8 Å². The van der Waals surface area contributed by atoms with Crippen molar-refractivity contribution >= 4 is 19.9 Å². The number of sulfone groups is 1. The molecular weight excluding hydrogens is 300 g/mol. The number of nitrogens with one attached hydrogen (secondary N) is 1. The summed E-state index contributed by atoms with van der Waals surface area (Å²) in [4.78, 5) is 0.154. The molecule has 1 saturated heterocycles. The standard InChI is InChI=1S/C12H18N2O4S2/c13-7-10-2-1-3-12(6-10)20(17,18)14-8-11-4-5-19(15,16)9-11/h1-3,6,11,14H,4-5,7-9,13H2. The Hall–Kier alpha value is -0.960. The molecule has 0 amide bonds. The van der Waals surface area contributed by atoms with E-state index in [0.717, 1.165) is 5.56 Å². The van der Waals surface area contributed by atoms with E-state index >= 15 is 0 Å². The third-order valence-corrected chi connectivity index (χ3v) is 6.59. The van der Waals surface area contributed by atoms with E-state index < -0.39 is 19.9 Å². The van der Waals surface area contributed by atoms with Crippen LogP contribution in [0.25, 0.3) is 0 Å². The molecule has 0 spiro atoms. The lowest BCUT2D eigenvalue weighted by Gasteiger charge is -2.11. The third-order valence-electron chi connectivity index (χ3n) is 3.33. The van der Waals surface area contributed by atoms with Crippen LogP contribution in [-0.4, -0.2) is 34.9 Å². The van der Waals surface area contributed by atoms with Gasteiger partial charge in [0.25, 0.3) is 0 Å². The molecule has 2 rings (SSSR count). The van der Waals surface area contributed by atoms with Gasteiger partial charge < -0.3 is 5.73 Å². The third kappa shape index (κ3) is 3.78. The van der Waals surface area contributed by atoms with Gasteiger partial charge in [-0.15, -0.1) is 0 Å². The Bertz CT molecular complexity index is 683. The van der Waals surface area contributed by atoms with Crippen molar-refractivity contribution in [2.45, 2.75) is 17.9 Å². The molecule has 1 aromatic carbocycles. The van der Waals surface area contributed by atoms with Gasteiger partial charge in [-0.1, -0.05) is 12.1 Å². The van der Waals surface area contributed by atoms with Gasteiger partial charge in [0.15, 0.2) is 9.84 Å². The van der Waals surface area contributed by atoms with Crippen LogP contribution in [0.1, 0.15) is 12.0 Å². The molecule has 112 valence electrons. The Balaban J connectivity index is 2.04. The zero-order chi connectivity index (χ0) is 14.8. The second-order valence-corrected chi connectivity index (χ2v) is 8.97. The van der Waals surface area contributed by atoms with E-state index in [0.29, 0.717) is 6.42 Å². The first kappa shape index (κ1) is 15.4. The Morgan fingerprint density at radius 1 is 1.35 bits per heavy atom. The average Bonchev–Trinajstić information content (AvgIpc) is 2.76. The summed E-state index contributed by atoms with van der Waals surface area (Å²) in [7, 11) is -6.61. The molecule has 1 fully saturated rings.